The van der Waals surface area contributed by atoms with Gasteiger partial charge < -0.3 is 9.88 Å². The normalized spacial score (nSPS) is 10.8. The van der Waals surface area contributed by atoms with Crippen LogP contribution in [0, 0.1) is 0 Å². The van der Waals surface area contributed by atoms with Crippen LogP contribution in [0.1, 0.15) is 17.1 Å². The second-order valence-electron chi connectivity index (χ2n) is 3.75. The first-order chi connectivity index (χ1) is 7.90. The fourth-order valence-electron chi connectivity index (χ4n) is 1.71. The Labute approximate surface area is 100 Å². The Morgan fingerprint density at radius 3 is 3.19 bits per heavy atom. The van der Waals surface area contributed by atoms with Crippen LogP contribution in [0.5, 0.6) is 0 Å². The molecule has 2 heterocycles. The number of hydrogen-bond donors (Lipinski definition) is 1. The molecule has 0 radical (unpaired) electrons. The summed E-state index contributed by atoms with van der Waals surface area (Å²) in [4.78, 5) is 5.80. The molecule has 16 heavy (non-hydrogen) atoms. The quantitative estimate of drug-likeness (QED) is 0.777. The lowest BCUT2D eigenvalue weighted by atomic mass is 10.3. The van der Waals surface area contributed by atoms with Crippen LogP contribution in [-0.2, 0) is 13.0 Å². The maximum atomic E-state index is 4.42. The van der Waals surface area contributed by atoms with E-state index in [0.717, 1.165) is 25.9 Å². The van der Waals surface area contributed by atoms with Crippen LogP contribution in [0.25, 0.3) is 0 Å². The molecule has 3 nitrogen and oxygen atoms in total. The Bertz CT molecular complexity index is 406. The first kappa shape index (κ1) is 11.4. The summed E-state index contributed by atoms with van der Waals surface area (Å²) in [6, 6.07) is 4.26. The van der Waals surface area contributed by atoms with Crippen molar-refractivity contribution in [3.8, 4) is 0 Å². The minimum atomic E-state index is 0.949. The van der Waals surface area contributed by atoms with Crippen LogP contribution >= 0.6 is 11.3 Å². The standard InChI is InChI=1S/C12H17N3S/c1-13-5-3-7-15-8-6-14-12(15)10-11-4-2-9-16-11/h2,4,6,8-9,13H,3,5,7,10H2,1H3. The van der Waals surface area contributed by atoms with Gasteiger partial charge in [-0.15, -0.1) is 11.3 Å². The van der Waals surface area contributed by atoms with E-state index in [1.54, 1.807) is 11.3 Å². The maximum absolute atomic E-state index is 4.42. The van der Waals surface area contributed by atoms with Gasteiger partial charge in [-0.25, -0.2) is 4.98 Å². The van der Waals surface area contributed by atoms with E-state index in [1.807, 2.05) is 13.2 Å². The van der Waals surface area contributed by atoms with Crippen molar-refractivity contribution in [3.63, 3.8) is 0 Å². The minimum absolute atomic E-state index is 0.949. The summed E-state index contributed by atoms with van der Waals surface area (Å²) in [7, 11) is 1.99. The highest BCUT2D eigenvalue weighted by atomic mass is 32.1. The lowest BCUT2D eigenvalue weighted by Crippen LogP contribution is -2.12. The molecule has 0 unspecified atom stereocenters. The van der Waals surface area contributed by atoms with E-state index in [2.05, 4.69) is 38.6 Å². The molecule has 0 aromatic carbocycles. The molecule has 0 saturated heterocycles. The molecule has 0 atom stereocenters. The van der Waals surface area contributed by atoms with Gasteiger partial charge in [-0.2, -0.15) is 0 Å². The molecular formula is C12H17N3S. The zero-order chi connectivity index (χ0) is 11.2. The molecule has 0 fully saturated rings. The molecular weight excluding hydrogens is 218 g/mol. The molecule has 2 aromatic rings. The second kappa shape index (κ2) is 5.82. The van der Waals surface area contributed by atoms with Crippen molar-refractivity contribution in [2.75, 3.05) is 13.6 Å². The van der Waals surface area contributed by atoms with Crippen molar-refractivity contribution in [1.29, 1.82) is 0 Å². The van der Waals surface area contributed by atoms with Crippen LogP contribution < -0.4 is 5.32 Å². The number of aromatic nitrogens is 2. The van der Waals surface area contributed by atoms with E-state index in [1.165, 1.54) is 10.7 Å². The lowest BCUT2D eigenvalue weighted by molar-refractivity contribution is 0.595. The summed E-state index contributed by atoms with van der Waals surface area (Å²) < 4.78 is 2.25. The molecule has 0 aliphatic heterocycles. The van der Waals surface area contributed by atoms with Crippen LogP contribution in [0.15, 0.2) is 29.9 Å². The molecule has 0 amide bonds. The van der Waals surface area contributed by atoms with Crippen molar-refractivity contribution in [2.24, 2.45) is 0 Å². The molecule has 2 aromatic heterocycles. The van der Waals surface area contributed by atoms with Gasteiger partial charge in [0.25, 0.3) is 0 Å². The highest BCUT2D eigenvalue weighted by molar-refractivity contribution is 7.09. The van der Waals surface area contributed by atoms with Crippen LogP contribution in [0.3, 0.4) is 0 Å². The Hall–Kier alpha value is -1.13. The van der Waals surface area contributed by atoms with Crippen molar-refractivity contribution >= 4 is 11.3 Å². The SMILES string of the molecule is CNCCCn1ccnc1Cc1cccs1. The summed E-state index contributed by atoms with van der Waals surface area (Å²) in [5.41, 5.74) is 0. The van der Waals surface area contributed by atoms with Gasteiger partial charge in [-0.1, -0.05) is 6.07 Å². The Balaban J connectivity index is 1.96. The van der Waals surface area contributed by atoms with E-state index in [-0.39, 0.29) is 0 Å². The first-order valence-corrected chi connectivity index (χ1v) is 6.45. The molecule has 0 saturated carbocycles. The highest BCUT2D eigenvalue weighted by Gasteiger charge is 2.04. The van der Waals surface area contributed by atoms with Gasteiger partial charge in [-0.05, 0) is 31.5 Å². The predicted octanol–water partition coefficient (Wildman–Crippen LogP) is 2.14. The Morgan fingerprint density at radius 1 is 1.50 bits per heavy atom. The minimum Gasteiger partial charge on any atom is -0.335 e. The van der Waals surface area contributed by atoms with E-state index in [4.69, 9.17) is 0 Å². The van der Waals surface area contributed by atoms with Gasteiger partial charge in [0.05, 0.1) is 0 Å². The van der Waals surface area contributed by atoms with Crippen molar-refractivity contribution < 1.29 is 0 Å². The van der Waals surface area contributed by atoms with E-state index in [9.17, 15) is 0 Å². The number of hydrogen-bond acceptors (Lipinski definition) is 3. The summed E-state index contributed by atoms with van der Waals surface area (Å²) in [5.74, 6) is 1.17. The Morgan fingerprint density at radius 2 is 2.44 bits per heavy atom. The van der Waals surface area contributed by atoms with Crippen molar-refractivity contribution in [2.45, 2.75) is 19.4 Å². The molecule has 2 rings (SSSR count). The summed E-state index contributed by atoms with van der Waals surface area (Å²) in [6.07, 6.45) is 6.05. The van der Waals surface area contributed by atoms with E-state index < -0.39 is 0 Å². The molecule has 0 aliphatic carbocycles. The third kappa shape index (κ3) is 2.93. The average molecular weight is 235 g/mol. The monoisotopic (exact) mass is 235 g/mol. The number of nitrogens with one attached hydrogen (secondary N) is 1. The number of rotatable bonds is 6. The summed E-state index contributed by atoms with van der Waals surface area (Å²) >= 11 is 1.79. The van der Waals surface area contributed by atoms with E-state index in [0.29, 0.717) is 0 Å². The second-order valence-corrected chi connectivity index (χ2v) is 4.78. The first-order valence-electron chi connectivity index (χ1n) is 5.57. The number of imidazole rings is 1. The molecule has 0 aliphatic rings. The van der Waals surface area contributed by atoms with Gasteiger partial charge in [-0.3, -0.25) is 0 Å². The zero-order valence-corrected chi connectivity index (χ0v) is 10.3. The molecule has 0 bridgehead atoms. The fourth-order valence-corrected chi connectivity index (χ4v) is 2.41. The zero-order valence-electron chi connectivity index (χ0n) is 9.52. The summed E-state index contributed by atoms with van der Waals surface area (Å²) in [6.45, 7) is 2.10. The van der Waals surface area contributed by atoms with Crippen LogP contribution in [0.2, 0.25) is 0 Å². The van der Waals surface area contributed by atoms with Gasteiger partial charge in [0.15, 0.2) is 0 Å². The van der Waals surface area contributed by atoms with Gasteiger partial charge in [0.2, 0.25) is 0 Å². The van der Waals surface area contributed by atoms with E-state index >= 15 is 0 Å². The molecule has 1 N–H and O–H groups in total. The maximum Gasteiger partial charge on any atom is 0.113 e. The van der Waals surface area contributed by atoms with Crippen LogP contribution in [0.4, 0.5) is 0 Å². The number of thiophene rings is 1. The lowest BCUT2D eigenvalue weighted by Gasteiger charge is -2.06. The fraction of sp³-hybridized carbons (Fsp3) is 0.417. The topological polar surface area (TPSA) is 29.9 Å². The predicted molar refractivity (Wildman–Crippen MR) is 67.9 cm³/mol. The van der Waals surface area contributed by atoms with Crippen molar-refractivity contribution in [1.82, 2.24) is 14.9 Å². The molecule has 0 spiro atoms. The molecule has 4 heteroatoms. The van der Waals surface area contributed by atoms with Crippen molar-refractivity contribution in [3.05, 3.63) is 40.6 Å². The third-order valence-electron chi connectivity index (χ3n) is 2.54. The van der Waals surface area contributed by atoms with Gasteiger partial charge in [0.1, 0.15) is 5.82 Å². The van der Waals surface area contributed by atoms with Gasteiger partial charge in [0, 0.05) is 30.2 Å². The Kier molecular flexibility index (Phi) is 4.13. The number of nitrogens with zero attached hydrogens (tertiary/aromatic N) is 2. The van der Waals surface area contributed by atoms with Gasteiger partial charge >= 0.3 is 0 Å². The average Bonchev–Trinajstić information content (AvgIpc) is 2.92. The number of aryl methyl sites for hydroxylation is 1. The highest BCUT2D eigenvalue weighted by Crippen LogP contribution is 2.13. The third-order valence-corrected chi connectivity index (χ3v) is 3.42. The van der Waals surface area contributed by atoms with Crippen LogP contribution in [-0.4, -0.2) is 23.1 Å². The largest absolute Gasteiger partial charge is 0.335 e. The molecule has 86 valence electrons. The summed E-state index contributed by atoms with van der Waals surface area (Å²) in [5, 5.41) is 5.28. The smallest absolute Gasteiger partial charge is 0.113 e.